The summed E-state index contributed by atoms with van der Waals surface area (Å²) in [6.07, 6.45) is 0.0543. The monoisotopic (exact) mass is 337 g/mol. The van der Waals surface area contributed by atoms with E-state index in [1.807, 2.05) is 34.6 Å². The average molecular weight is 337 g/mol. The van der Waals surface area contributed by atoms with Crippen LogP contribution in [0.2, 0.25) is 0 Å². The molecule has 0 spiro atoms. The van der Waals surface area contributed by atoms with Gasteiger partial charge in [0.05, 0.1) is 11.7 Å². The largest absolute Gasteiger partial charge is 0.479 e. The van der Waals surface area contributed by atoms with E-state index in [1.165, 1.54) is 0 Å². The number of furan rings is 1. The van der Waals surface area contributed by atoms with Gasteiger partial charge in [0, 0.05) is 24.4 Å². The van der Waals surface area contributed by atoms with Crippen LogP contribution in [0.1, 0.15) is 68.8 Å². The number of hydrogen-bond acceptors (Lipinski definition) is 4. The molecule has 2 N–H and O–H groups in total. The summed E-state index contributed by atoms with van der Waals surface area (Å²) in [6, 6.07) is 1.69. The maximum Gasteiger partial charge on any atom is 0.330 e. The molecule has 6 heteroatoms. The number of carbonyl (C=O) groups excluding carboxylic acids is 1. The second-order valence-corrected chi connectivity index (χ2v) is 7.31. The first-order chi connectivity index (χ1) is 11.1. The zero-order valence-corrected chi connectivity index (χ0v) is 15.2. The zero-order chi connectivity index (χ0) is 18.3. The molecule has 6 nitrogen and oxygen atoms in total. The third-order valence-corrected chi connectivity index (χ3v) is 5.21. The van der Waals surface area contributed by atoms with Crippen LogP contribution in [-0.2, 0) is 9.53 Å². The lowest BCUT2D eigenvalue weighted by atomic mass is 9.54. The lowest BCUT2D eigenvalue weighted by Gasteiger charge is -2.58. The predicted octanol–water partition coefficient (Wildman–Crippen LogP) is 3.10. The number of carboxylic acid groups (broad SMARTS) is 1. The van der Waals surface area contributed by atoms with Crippen molar-refractivity contribution in [1.29, 1.82) is 0 Å². The Balaban J connectivity index is 2.27. The van der Waals surface area contributed by atoms with Crippen molar-refractivity contribution in [3.8, 4) is 0 Å². The first-order valence-corrected chi connectivity index (χ1v) is 8.34. The average Bonchev–Trinajstić information content (AvgIpc) is 2.87. The minimum Gasteiger partial charge on any atom is -0.479 e. The van der Waals surface area contributed by atoms with Gasteiger partial charge in [-0.1, -0.05) is 27.7 Å². The minimum atomic E-state index is -1.34. The Labute approximate surface area is 142 Å². The van der Waals surface area contributed by atoms with Crippen molar-refractivity contribution in [2.24, 2.45) is 5.41 Å². The Morgan fingerprint density at radius 1 is 1.46 bits per heavy atom. The standard InChI is InChI=1S/C18H27NO5/c1-7-23-14-9-18(16(21)22,17(14,5)6)19-15(20)12-8-13(10(2)3)24-11(12)4/h8,10,14H,7,9H2,1-6H3,(H,19,20)(H,21,22). The fourth-order valence-corrected chi connectivity index (χ4v) is 3.31. The van der Waals surface area contributed by atoms with Crippen LogP contribution >= 0.6 is 0 Å². The van der Waals surface area contributed by atoms with Gasteiger partial charge < -0.3 is 19.6 Å². The van der Waals surface area contributed by atoms with E-state index in [0.29, 0.717) is 23.7 Å². The van der Waals surface area contributed by atoms with Gasteiger partial charge in [-0.3, -0.25) is 4.79 Å². The van der Waals surface area contributed by atoms with E-state index >= 15 is 0 Å². The molecule has 134 valence electrons. The SMILES string of the molecule is CCOC1CC(NC(=O)c2cc(C(C)C)oc2C)(C(=O)O)C1(C)C. The highest BCUT2D eigenvalue weighted by Crippen LogP contribution is 2.51. The molecule has 0 bridgehead atoms. The Morgan fingerprint density at radius 2 is 2.08 bits per heavy atom. The molecule has 1 aromatic rings. The maximum absolute atomic E-state index is 12.7. The predicted molar refractivity (Wildman–Crippen MR) is 89.2 cm³/mol. The number of ether oxygens (including phenoxy) is 1. The van der Waals surface area contributed by atoms with Crippen LogP contribution in [0.5, 0.6) is 0 Å². The number of carboxylic acids is 1. The normalized spacial score (nSPS) is 25.4. The molecule has 1 amide bonds. The Kier molecular flexibility index (Phi) is 4.81. The molecule has 0 aliphatic heterocycles. The van der Waals surface area contributed by atoms with E-state index in [9.17, 15) is 14.7 Å². The van der Waals surface area contributed by atoms with Crippen molar-refractivity contribution < 1.29 is 23.8 Å². The van der Waals surface area contributed by atoms with Crippen LogP contribution in [0.15, 0.2) is 10.5 Å². The molecule has 2 atom stereocenters. The summed E-state index contributed by atoms with van der Waals surface area (Å²) in [5.74, 6) is -0.103. The van der Waals surface area contributed by atoms with Crippen molar-refractivity contribution in [2.75, 3.05) is 6.61 Å². The Morgan fingerprint density at radius 3 is 2.50 bits per heavy atom. The van der Waals surface area contributed by atoms with Crippen molar-refractivity contribution in [3.05, 3.63) is 23.2 Å². The van der Waals surface area contributed by atoms with E-state index in [1.54, 1.807) is 13.0 Å². The van der Waals surface area contributed by atoms with Crippen LogP contribution in [0.4, 0.5) is 0 Å². The molecule has 2 rings (SSSR count). The number of amides is 1. The van der Waals surface area contributed by atoms with Crippen LogP contribution < -0.4 is 5.32 Å². The Hall–Kier alpha value is -1.82. The van der Waals surface area contributed by atoms with E-state index < -0.39 is 22.8 Å². The van der Waals surface area contributed by atoms with Gasteiger partial charge in [-0.15, -0.1) is 0 Å². The van der Waals surface area contributed by atoms with Gasteiger partial charge in [-0.2, -0.15) is 0 Å². The topological polar surface area (TPSA) is 88.8 Å². The van der Waals surface area contributed by atoms with Crippen molar-refractivity contribution in [1.82, 2.24) is 5.32 Å². The summed E-state index contributed by atoms with van der Waals surface area (Å²) in [4.78, 5) is 24.6. The van der Waals surface area contributed by atoms with Crippen LogP contribution in [0, 0.1) is 12.3 Å². The smallest absolute Gasteiger partial charge is 0.330 e. The molecule has 0 aromatic carbocycles. The zero-order valence-electron chi connectivity index (χ0n) is 15.2. The fourth-order valence-electron chi connectivity index (χ4n) is 3.31. The number of nitrogens with one attached hydrogen (secondary N) is 1. The van der Waals surface area contributed by atoms with E-state index in [2.05, 4.69) is 5.32 Å². The van der Waals surface area contributed by atoms with Crippen LogP contribution in [0.3, 0.4) is 0 Å². The van der Waals surface area contributed by atoms with Crippen LogP contribution in [0.25, 0.3) is 0 Å². The number of rotatable bonds is 6. The summed E-state index contributed by atoms with van der Waals surface area (Å²) in [5.41, 5.74) is -1.66. The molecule has 24 heavy (non-hydrogen) atoms. The molecule has 1 aliphatic carbocycles. The van der Waals surface area contributed by atoms with Gasteiger partial charge in [0.25, 0.3) is 5.91 Å². The minimum absolute atomic E-state index is 0.154. The van der Waals surface area contributed by atoms with Gasteiger partial charge in [0.15, 0.2) is 0 Å². The molecule has 0 saturated heterocycles. The molecular weight excluding hydrogens is 310 g/mol. The van der Waals surface area contributed by atoms with Gasteiger partial charge in [-0.05, 0) is 19.9 Å². The number of carbonyl (C=O) groups is 2. The highest BCUT2D eigenvalue weighted by Gasteiger charge is 2.66. The van der Waals surface area contributed by atoms with Crippen molar-refractivity contribution in [3.63, 3.8) is 0 Å². The van der Waals surface area contributed by atoms with E-state index in [-0.39, 0.29) is 18.4 Å². The number of aryl methyl sites for hydroxylation is 1. The van der Waals surface area contributed by atoms with E-state index in [4.69, 9.17) is 9.15 Å². The molecule has 1 aromatic heterocycles. The van der Waals surface area contributed by atoms with E-state index in [0.717, 1.165) is 0 Å². The highest BCUT2D eigenvalue weighted by molar-refractivity contribution is 5.99. The molecule has 1 aliphatic rings. The molecule has 1 fully saturated rings. The lowest BCUT2D eigenvalue weighted by Crippen LogP contribution is -2.76. The third kappa shape index (κ3) is 2.73. The quantitative estimate of drug-likeness (QED) is 0.832. The second kappa shape index (κ2) is 6.24. The van der Waals surface area contributed by atoms with Crippen molar-refractivity contribution in [2.45, 2.75) is 65.5 Å². The summed E-state index contributed by atoms with van der Waals surface area (Å²) in [7, 11) is 0. The number of aliphatic carboxylic acids is 1. The Bertz CT molecular complexity index is 646. The summed E-state index contributed by atoms with van der Waals surface area (Å²) < 4.78 is 11.2. The molecule has 1 saturated carbocycles. The molecular formula is C18H27NO5. The third-order valence-electron chi connectivity index (χ3n) is 5.21. The molecule has 2 unspecified atom stereocenters. The summed E-state index contributed by atoms with van der Waals surface area (Å²) in [5, 5.41) is 12.5. The first kappa shape index (κ1) is 18.5. The number of hydrogen-bond donors (Lipinski definition) is 2. The maximum atomic E-state index is 12.7. The van der Waals surface area contributed by atoms with Crippen molar-refractivity contribution >= 4 is 11.9 Å². The summed E-state index contributed by atoms with van der Waals surface area (Å²) >= 11 is 0. The first-order valence-electron chi connectivity index (χ1n) is 8.34. The second-order valence-electron chi connectivity index (χ2n) is 7.31. The highest BCUT2D eigenvalue weighted by atomic mass is 16.5. The van der Waals surface area contributed by atoms with Gasteiger partial charge in [0.1, 0.15) is 17.1 Å². The van der Waals surface area contributed by atoms with Gasteiger partial charge in [0.2, 0.25) is 0 Å². The lowest BCUT2D eigenvalue weighted by molar-refractivity contribution is -0.190. The molecule has 1 heterocycles. The van der Waals surface area contributed by atoms with Crippen LogP contribution in [-0.4, -0.2) is 35.2 Å². The van der Waals surface area contributed by atoms with Gasteiger partial charge in [-0.25, -0.2) is 4.79 Å². The summed E-state index contributed by atoms with van der Waals surface area (Å²) in [6.45, 7) is 11.7. The molecule has 0 radical (unpaired) electrons. The van der Waals surface area contributed by atoms with Gasteiger partial charge >= 0.3 is 5.97 Å². The fraction of sp³-hybridized carbons (Fsp3) is 0.667.